The van der Waals surface area contributed by atoms with E-state index >= 15 is 0 Å². The topological polar surface area (TPSA) is 52.7 Å². The normalized spacial score (nSPS) is 9.65. The van der Waals surface area contributed by atoms with Crippen LogP contribution in [0.2, 0.25) is 0 Å². The van der Waals surface area contributed by atoms with E-state index in [0.717, 1.165) is 10.5 Å². The third-order valence-electron chi connectivity index (χ3n) is 2.28. The van der Waals surface area contributed by atoms with Crippen molar-refractivity contribution in [1.29, 1.82) is 0 Å². The van der Waals surface area contributed by atoms with Crippen molar-refractivity contribution in [3.05, 3.63) is 29.8 Å². The first-order valence-corrected chi connectivity index (χ1v) is 5.24. The summed E-state index contributed by atoms with van der Waals surface area (Å²) in [6.07, 6.45) is 0. The standard InChI is InChI=1S/C12H17N3O2/c1-9-5-7-10(8-6-9)13-11(16)15(4)12(17)14(2)3/h5-8H,1-4H3,(H,13,16). The molecule has 0 radical (unpaired) electrons. The zero-order valence-electron chi connectivity index (χ0n) is 10.5. The van der Waals surface area contributed by atoms with Gasteiger partial charge in [0.05, 0.1) is 0 Å². The lowest BCUT2D eigenvalue weighted by Crippen LogP contribution is -2.42. The summed E-state index contributed by atoms with van der Waals surface area (Å²) in [5.74, 6) is 0. The average molecular weight is 235 g/mol. The van der Waals surface area contributed by atoms with Crippen LogP contribution in [0.15, 0.2) is 24.3 Å². The highest BCUT2D eigenvalue weighted by Gasteiger charge is 2.17. The lowest BCUT2D eigenvalue weighted by Gasteiger charge is -2.20. The number of nitrogens with zero attached hydrogens (tertiary/aromatic N) is 2. The first kappa shape index (κ1) is 13.0. The minimum atomic E-state index is -0.451. The minimum Gasteiger partial charge on any atom is -0.330 e. The minimum absolute atomic E-state index is 0.366. The van der Waals surface area contributed by atoms with E-state index in [9.17, 15) is 9.59 Å². The maximum Gasteiger partial charge on any atom is 0.329 e. The Hall–Kier alpha value is -2.04. The molecule has 0 aliphatic rings. The molecule has 5 heteroatoms. The van der Waals surface area contributed by atoms with Gasteiger partial charge in [0, 0.05) is 26.8 Å². The van der Waals surface area contributed by atoms with Crippen molar-refractivity contribution in [2.45, 2.75) is 6.92 Å². The molecule has 0 fully saturated rings. The molecule has 1 aromatic rings. The summed E-state index contributed by atoms with van der Waals surface area (Å²) in [4.78, 5) is 25.6. The van der Waals surface area contributed by atoms with Gasteiger partial charge in [0.25, 0.3) is 0 Å². The van der Waals surface area contributed by atoms with E-state index in [-0.39, 0.29) is 6.03 Å². The average Bonchev–Trinajstić information content (AvgIpc) is 2.30. The summed E-state index contributed by atoms with van der Waals surface area (Å²) in [5.41, 5.74) is 1.78. The Morgan fingerprint density at radius 3 is 2.06 bits per heavy atom. The third-order valence-corrected chi connectivity index (χ3v) is 2.28. The molecular weight excluding hydrogens is 218 g/mol. The monoisotopic (exact) mass is 235 g/mol. The molecule has 1 rings (SSSR count). The van der Waals surface area contributed by atoms with E-state index < -0.39 is 6.03 Å². The van der Waals surface area contributed by atoms with Crippen LogP contribution < -0.4 is 5.32 Å². The van der Waals surface area contributed by atoms with Crippen molar-refractivity contribution in [3.63, 3.8) is 0 Å². The quantitative estimate of drug-likeness (QED) is 0.810. The Labute approximate surface area is 101 Å². The van der Waals surface area contributed by atoms with E-state index in [2.05, 4.69) is 5.32 Å². The number of benzene rings is 1. The van der Waals surface area contributed by atoms with Crippen LogP contribution in [0.1, 0.15) is 5.56 Å². The third kappa shape index (κ3) is 3.48. The molecule has 5 nitrogen and oxygen atoms in total. The summed E-state index contributed by atoms with van der Waals surface area (Å²) in [6, 6.07) is 6.55. The van der Waals surface area contributed by atoms with Crippen molar-refractivity contribution in [3.8, 4) is 0 Å². The van der Waals surface area contributed by atoms with E-state index in [1.165, 1.54) is 11.9 Å². The zero-order chi connectivity index (χ0) is 13.0. The van der Waals surface area contributed by atoms with Gasteiger partial charge in [0.1, 0.15) is 0 Å². The molecular formula is C12H17N3O2. The van der Waals surface area contributed by atoms with E-state index in [1.807, 2.05) is 19.1 Å². The number of urea groups is 2. The van der Waals surface area contributed by atoms with Gasteiger partial charge >= 0.3 is 12.1 Å². The Kier molecular flexibility index (Phi) is 4.09. The van der Waals surface area contributed by atoms with Crippen LogP contribution in [0.4, 0.5) is 15.3 Å². The summed E-state index contributed by atoms with van der Waals surface area (Å²) in [7, 11) is 4.63. The summed E-state index contributed by atoms with van der Waals surface area (Å²) in [6.45, 7) is 1.97. The zero-order valence-corrected chi connectivity index (χ0v) is 10.5. The van der Waals surface area contributed by atoms with Crippen LogP contribution >= 0.6 is 0 Å². The van der Waals surface area contributed by atoms with Gasteiger partial charge in [-0.05, 0) is 19.1 Å². The van der Waals surface area contributed by atoms with Gasteiger partial charge in [-0.25, -0.2) is 14.5 Å². The number of hydrogen-bond donors (Lipinski definition) is 1. The van der Waals surface area contributed by atoms with E-state index in [4.69, 9.17) is 0 Å². The highest BCUT2D eigenvalue weighted by atomic mass is 16.2. The van der Waals surface area contributed by atoms with Gasteiger partial charge in [0.15, 0.2) is 0 Å². The van der Waals surface area contributed by atoms with Gasteiger partial charge in [0.2, 0.25) is 0 Å². The molecule has 92 valence electrons. The van der Waals surface area contributed by atoms with Crippen molar-refractivity contribution in [2.24, 2.45) is 0 Å². The number of nitrogens with one attached hydrogen (secondary N) is 1. The molecule has 0 bridgehead atoms. The second-order valence-electron chi connectivity index (χ2n) is 4.03. The molecule has 17 heavy (non-hydrogen) atoms. The first-order valence-electron chi connectivity index (χ1n) is 5.24. The largest absolute Gasteiger partial charge is 0.330 e. The SMILES string of the molecule is Cc1ccc(NC(=O)N(C)C(=O)N(C)C)cc1. The van der Waals surface area contributed by atoms with Crippen molar-refractivity contribution in [1.82, 2.24) is 9.80 Å². The van der Waals surface area contributed by atoms with Gasteiger partial charge in [-0.1, -0.05) is 17.7 Å². The van der Waals surface area contributed by atoms with Crippen LogP contribution in [-0.4, -0.2) is 43.0 Å². The Morgan fingerprint density at radius 1 is 1.06 bits per heavy atom. The number of rotatable bonds is 1. The fraction of sp³-hybridized carbons (Fsp3) is 0.333. The van der Waals surface area contributed by atoms with Gasteiger partial charge in [-0.15, -0.1) is 0 Å². The molecule has 0 heterocycles. The van der Waals surface area contributed by atoms with Crippen LogP contribution in [0, 0.1) is 6.92 Å². The number of anilines is 1. The second-order valence-corrected chi connectivity index (χ2v) is 4.03. The van der Waals surface area contributed by atoms with Crippen LogP contribution in [0.3, 0.4) is 0 Å². The molecule has 4 amide bonds. The number of carbonyl (C=O) groups is 2. The highest BCUT2D eigenvalue weighted by Crippen LogP contribution is 2.09. The first-order chi connectivity index (χ1) is 7.91. The fourth-order valence-electron chi connectivity index (χ4n) is 1.23. The van der Waals surface area contributed by atoms with Crippen LogP contribution in [-0.2, 0) is 0 Å². The molecule has 0 saturated heterocycles. The molecule has 0 unspecified atom stereocenters. The number of aryl methyl sites for hydroxylation is 1. The number of imide groups is 1. The summed E-state index contributed by atoms with van der Waals surface area (Å²) < 4.78 is 0. The van der Waals surface area contributed by atoms with Crippen LogP contribution in [0.25, 0.3) is 0 Å². The predicted molar refractivity (Wildman–Crippen MR) is 67.0 cm³/mol. The molecule has 1 aromatic carbocycles. The Morgan fingerprint density at radius 2 is 1.59 bits per heavy atom. The van der Waals surface area contributed by atoms with Crippen molar-refractivity contribution >= 4 is 17.7 Å². The molecule has 0 aliphatic heterocycles. The molecule has 0 aromatic heterocycles. The summed E-state index contributed by atoms with van der Waals surface area (Å²) >= 11 is 0. The van der Waals surface area contributed by atoms with E-state index in [1.54, 1.807) is 26.2 Å². The molecule has 0 spiro atoms. The molecule has 0 saturated carbocycles. The van der Waals surface area contributed by atoms with Gasteiger partial charge < -0.3 is 10.2 Å². The molecule has 0 atom stereocenters. The smallest absolute Gasteiger partial charge is 0.329 e. The highest BCUT2D eigenvalue weighted by molar-refractivity contribution is 6.00. The maximum absolute atomic E-state index is 11.7. The van der Waals surface area contributed by atoms with Crippen LogP contribution in [0.5, 0.6) is 0 Å². The van der Waals surface area contributed by atoms with Gasteiger partial charge in [-0.2, -0.15) is 0 Å². The second kappa shape index (κ2) is 5.34. The summed E-state index contributed by atoms with van der Waals surface area (Å²) in [5, 5.41) is 2.64. The van der Waals surface area contributed by atoms with Gasteiger partial charge in [-0.3, -0.25) is 0 Å². The van der Waals surface area contributed by atoms with E-state index in [0.29, 0.717) is 5.69 Å². The van der Waals surface area contributed by atoms with Crippen molar-refractivity contribution < 1.29 is 9.59 Å². The lowest BCUT2D eigenvalue weighted by molar-refractivity contribution is 0.182. The fourth-order valence-corrected chi connectivity index (χ4v) is 1.23. The maximum atomic E-state index is 11.7. The number of hydrogen-bond acceptors (Lipinski definition) is 2. The molecule has 1 N–H and O–H groups in total. The number of carbonyl (C=O) groups excluding carboxylic acids is 2. The Balaban J connectivity index is 2.66. The lowest BCUT2D eigenvalue weighted by atomic mass is 10.2. The Bertz CT molecular complexity index is 412. The predicted octanol–water partition coefficient (Wildman–Crippen LogP) is 2.14. The van der Waals surface area contributed by atoms with Crippen molar-refractivity contribution in [2.75, 3.05) is 26.5 Å². The number of amides is 4. The molecule has 0 aliphatic carbocycles.